The lowest BCUT2D eigenvalue weighted by atomic mass is 10.5. The van der Waals surface area contributed by atoms with Crippen molar-refractivity contribution in [1.29, 1.82) is 0 Å². The fourth-order valence-corrected chi connectivity index (χ4v) is 1.29. The van der Waals surface area contributed by atoms with Crippen LogP contribution in [-0.2, 0) is 0 Å². The van der Waals surface area contributed by atoms with Gasteiger partial charge in [-0.05, 0) is 12.1 Å². The van der Waals surface area contributed by atoms with E-state index < -0.39 is 0 Å². The molecule has 0 spiro atoms. The number of rotatable bonds is 2. The summed E-state index contributed by atoms with van der Waals surface area (Å²) in [6, 6.07) is 3.53. The maximum absolute atomic E-state index is 10.6. The van der Waals surface area contributed by atoms with Crippen LogP contribution in [0.4, 0.5) is 0 Å². The molecular formula is C9H8N2O2. The van der Waals surface area contributed by atoms with E-state index in [1.165, 1.54) is 0 Å². The number of nitrogens with zero attached hydrogens (tertiary/aromatic N) is 2. The lowest BCUT2D eigenvalue weighted by Gasteiger charge is -2.01. The van der Waals surface area contributed by atoms with Gasteiger partial charge in [-0.3, -0.25) is 4.79 Å². The number of methoxy groups -OCH3 is 1. The number of aldehydes is 1. The predicted molar refractivity (Wildman–Crippen MR) is 47.1 cm³/mol. The molecule has 2 aromatic heterocycles. The number of ether oxygens (including phenoxy) is 1. The Bertz CT molecular complexity index is 448. The first-order valence-corrected chi connectivity index (χ1v) is 3.82. The molecule has 2 aromatic rings. The van der Waals surface area contributed by atoms with Crippen molar-refractivity contribution in [2.45, 2.75) is 0 Å². The van der Waals surface area contributed by atoms with Gasteiger partial charge in [0.15, 0.2) is 6.29 Å². The molecule has 13 heavy (non-hydrogen) atoms. The second-order valence-corrected chi connectivity index (χ2v) is 2.57. The number of carbonyl (C=O) groups is 1. The number of carbonyl (C=O) groups excluding carboxylic acids is 1. The first kappa shape index (κ1) is 7.79. The van der Waals surface area contributed by atoms with E-state index in [-0.39, 0.29) is 0 Å². The monoisotopic (exact) mass is 176 g/mol. The van der Waals surface area contributed by atoms with Crippen LogP contribution in [0.5, 0.6) is 5.88 Å². The standard InChI is InChI=1S/C9H8N2O2/c1-13-9-8-3-2-7(6-12)11(8)5-4-10-9/h2-6H,1H3. The molecule has 4 nitrogen and oxygen atoms in total. The summed E-state index contributed by atoms with van der Waals surface area (Å²) in [6.07, 6.45) is 4.12. The molecule has 0 atom stereocenters. The third-order valence-electron chi connectivity index (χ3n) is 1.89. The number of hydrogen-bond acceptors (Lipinski definition) is 3. The molecule has 0 aliphatic rings. The summed E-state index contributed by atoms with van der Waals surface area (Å²) in [4.78, 5) is 14.6. The third-order valence-corrected chi connectivity index (χ3v) is 1.89. The Kier molecular flexibility index (Phi) is 1.73. The van der Waals surface area contributed by atoms with Crippen LogP contribution < -0.4 is 4.74 Å². The van der Waals surface area contributed by atoms with Gasteiger partial charge in [0, 0.05) is 12.4 Å². The van der Waals surface area contributed by atoms with Crippen molar-refractivity contribution in [2.75, 3.05) is 7.11 Å². The minimum Gasteiger partial charge on any atom is -0.480 e. The molecule has 0 saturated carbocycles. The zero-order chi connectivity index (χ0) is 9.26. The predicted octanol–water partition coefficient (Wildman–Crippen LogP) is 1.16. The van der Waals surface area contributed by atoms with Gasteiger partial charge >= 0.3 is 0 Å². The smallest absolute Gasteiger partial charge is 0.238 e. The number of aromatic nitrogens is 2. The van der Waals surface area contributed by atoms with Crippen molar-refractivity contribution >= 4 is 11.8 Å². The number of fused-ring (bicyclic) bond motifs is 1. The highest BCUT2D eigenvalue weighted by atomic mass is 16.5. The van der Waals surface area contributed by atoms with Gasteiger partial charge in [-0.15, -0.1) is 0 Å². The van der Waals surface area contributed by atoms with Crippen LogP contribution in [0.15, 0.2) is 24.5 Å². The van der Waals surface area contributed by atoms with Crippen LogP contribution in [0.1, 0.15) is 10.5 Å². The van der Waals surface area contributed by atoms with E-state index in [1.807, 2.05) is 0 Å². The molecule has 0 unspecified atom stereocenters. The van der Waals surface area contributed by atoms with E-state index in [0.717, 1.165) is 11.8 Å². The summed E-state index contributed by atoms with van der Waals surface area (Å²) < 4.78 is 6.77. The van der Waals surface area contributed by atoms with Crippen LogP contribution in [-0.4, -0.2) is 22.8 Å². The highest BCUT2D eigenvalue weighted by Crippen LogP contribution is 2.17. The molecule has 2 rings (SSSR count). The van der Waals surface area contributed by atoms with E-state index >= 15 is 0 Å². The highest BCUT2D eigenvalue weighted by molar-refractivity contribution is 5.77. The Labute approximate surface area is 74.8 Å². The Morgan fingerprint density at radius 1 is 1.54 bits per heavy atom. The number of hydrogen-bond donors (Lipinski definition) is 0. The zero-order valence-corrected chi connectivity index (χ0v) is 7.10. The fraction of sp³-hybridized carbons (Fsp3) is 0.111. The molecule has 2 heterocycles. The average molecular weight is 176 g/mol. The molecule has 0 aliphatic carbocycles. The van der Waals surface area contributed by atoms with Crippen molar-refractivity contribution in [2.24, 2.45) is 0 Å². The molecule has 0 amide bonds. The Hall–Kier alpha value is -1.84. The topological polar surface area (TPSA) is 43.6 Å². The minimum atomic E-state index is 0.524. The van der Waals surface area contributed by atoms with Gasteiger partial charge in [0.2, 0.25) is 5.88 Å². The second-order valence-electron chi connectivity index (χ2n) is 2.57. The van der Waals surface area contributed by atoms with E-state index in [0.29, 0.717) is 11.6 Å². The summed E-state index contributed by atoms with van der Waals surface area (Å²) in [7, 11) is 1.55. The summed E-state index contributed by atoms with van der Waals surface area (Å²) in [6.45, 7) is 0. The molecule has 0 aliphatic heterocycles. The van der Waals surface area contributed by atoms with Crippen LogP contribution in [0.2, 0.25) is 0 Å². The summed E-state index contributed by atoms with van der Waals surface area (Å²) in [5, 5.41) is 0. The molecule has 66 valence electrons. The minimum absolute atomic E-state index is 0.524. The Morgan fingerprint density at radius 2 is 2.38 bits per heavy atom. The zero-order valence-electron chi connectivity index (χ0n) is 7.10. The van der Waals surface area contributed by atoms with Gasteiger partial charge in [-0.1, -0.05) is 0 Å². The molecule has 0 bridgehead atoms. The maximum Gasteiger partial charge on any atom is 0.238 e. The summed E-state index contributed by atoms with van der Waals surface area (Å²) >= 11 is 0. The van der Waals surface area contributed by atoms with Crippen LogP contribution in [0.3, 0.4) is 0 Å². The molecular weight excluding hydrogens is 168 g/mol. The third kappa shape index (κ3) is 1.07. The van der Waals surface area contributed by atoms with Crippen molar-refractivity contribution in [3.8, 4) is 5.88 Å². The molecule has 0 N–H and O–H groups in total. The maximum atomic E-state index is 10.6. The van der Waals surface area contributed by atoms with Gasteiger partial charge in [-0.25, -0.2) is 4.98 Å². The summed E-state index contributed by atoms with van der Waals surface area (Å²) in [5.74, 6) is 0.524. The normalized spacial score (nSPS) is 10.2. The van der Waals surface area contributed by atoms with E-state index in [9.17, 15) is 4.79 Å². The van der Waals surface area contributed by atoms with Gasteiger partial charge in [0.25, 0.3) is 0 Å². The second kappa shape index (κ2) is 2.90. The van der Waals surface area contributed by atoms with Gasteiger partial charge in [0.05, 0.1) is 12.8 Å². The van der Waals surface area contributed by atoms with Crippen molar-refractivity contribution < 1.29 is 9.53 Å². The van der Waals surface area contributed by atoms with Crippen molar-refractivity contribution in [3.05, 3.63) is 30.2 Å². The molecule has 0 radical (unpaired) electrons. The lowest BCUT2D eigenvalue weighted by Crippen LogP contribution is -1.94. The quantitative estimate of drug-likeness (QED) is 0.645. The molecule has 0 fully saturated rings. The first-order valence-electron chi connectivity index (χ1n) is 3.82. The SMILES string of the molecule is COc1nccn2c(C=O)ccc12. The molecule has 4 heteroatoms. The van der Waals surface area contributed by atoms with Gasteiger partial charge < -0.3 is 9.14 Å². The van der Waals surface area contributed by atoms with E-state index in [4.69, 9.17) is 4.74 Å². The lowest BCUT2D eigenvalue weighted by molar-refractivity contribution is 0.111. The van der Waals surface area contributed by atoms with Crippen LogP contribution in [0, 0.1) is 0 Å². The van der Waals surface area contributed by atoms with Gasteiger partial charge in [0.1, 0.15) is 5.52 Å². The van der Waals surface area contributed by atoms with Crippen molar-refractivity contribution in [3.63, 3.8) is 0 Å². The van der Waals surface area contributed by atoms with Crippen LogP contribution in [0.25, 0.3) is 5.52 Å². The highest BCUT2D eigenvalue weighted by Gasteiger charge is 2.05. The van der Waals surface area contributed by atoms with Gasteiger partial charge in [-0.2, -0.15) is 0 Å². The average Bonchev–Trinajstić information content (AvgIpc) is 2.60. The fourth-order valence-electron chi connectivity index (χ4n) is 1.29. The van der Waals surface area contributed by atoms with E-state index in [2.05, 4.69) is 4.98 Å². The summed E-state index contributed by atoms with van der Waals surface area (Å²) in [5.41, 5.74) is 1.39. The van der Waals surface area contributed by atoms with Crippen molar-refractivity contribution in [1.82, 2.24) is 9.38 Å². The van der Waals surface area contributed by atoms with E-state index in [1.54, 1.807) is 36.0 Å². The molecule has 0 saturated heterocycles. The largest absolute Gasteiger partial charge is 0.480 e. The molecule has 0 aromatic carbocycles. The Balaban J connectivity index is 2.79. The Morgan fingerprint density at radius 3 is 3.08 bits per heavy atom. The van der Waals surface area contributed by atoms with Crippen LogP contribution >= 0.6 is 0 Å². The first-order chi connectivity index (χ1) is 6.36.